The van der Waals surface area contributed by atoms with Gasteiger partial charge in [0.2, 0.25) is 0 Å². The van der Waals surface area contributed by atoms with E-state index in [0.29, 0.717) is 22.5 Å². The van der Waals surface area contributed by atoms with E-state index >= 15 is 0 Å². The number of halogens is 1. The summed E-state index contributed by atoms with van der Waals surface area (Å²) in [5.74, 6) is 0.706. The minimum Gasteiger partial charge on any atom is -0.375 e. The Bertz CT molecular complexity index is 633. The first-order valence-corrected chi connectivity index (χ1v) is 6.71. The normalized spacial score (nSPS) is 11.0. The van der Waals surface area contributed by atoms with Crippen molar-refractivity contribution in [2.45, 2.75) is 33.4 Å². The lowest BCUT2D eigenvalue weighted by Gasteiger charge is -2.11. The molecule has 0 aliphatic heterocycles. The molecule has 0 saturated carbocycles. The number of nitrogens with zero attached hydrogens (tertiary/aromatic N) is 3. The highest BCUT2D eigenvalue weighted by Crippen LogP contribution is 2.18. The highest BCUT2D eigenvalue weighted by Gasteiger charge is 2.11. The third-order valence-electron chi connectivity index (χ3n) is 2.56. The van der Waals surface area contributed by atoms with Gasteiger partial charge in [-0.25, -0.2) is 4.68 Å². The molecule has 2 aromatic rings. The molecule has 0 saturated heterocycles. The fourth-order valence-corrected chi connectivity index (χ4v) is 2.04. The zero-order valence-corrected chi connectivity index (χ0v) is 12.6. The lowest BCUT2D eigenvalue weighted by Crippen LogP contribution is -2.26. The maximum atomic E-state index is 12.0. The third kappa shape index (κ3) is 3.04. The first-order valence-electron chi connectivity index (χ1n) is 5.92. The summed E-state index contributed by atoms with van der Waals surface area (Å²) < 4.78 is 6.98. The monoisotopic (exact) mass is 326 g/mol. The molecule has 19 heavy (non-hydrogen) atoms. The minimum atomic E-state index is -0.159. The van der Waals surface area contributed by atoms with Gasteiger partial charge in [-0.3, -0.25) is 4.79 Å². The van der Waals surface area contributed by atoms with Gasteiger partial charge in [-0.2, -0.15) is 5.10 Å². The number of aryl methyl sites for hydroxylation is 1. The fourth-order valence-electron chi connectivity index (χ4n) is 1.62. The maximum Gasteiger partial charge on any atom is 0.283 e. The maximum absolute atomic E-state index is 12.0. The Morgan fingerprint density at radius 2 is 2.26 bits per heavy atom. The van der Waals surface area contributed by atoms with Crippen molar-refractivity contribution >= 4 is 21.6 Å². The van der Waals surface area contributed by atoms with Gasteiger partial charge in [0.05, 0.1) is 30.2 Å². The lowest BCUT2D eigenvalue weighted by atomic mass is 10.3. The van der Waals surface area contributed by atoms with Crippen molar-refractivity contribution in [2.24, 2.45) is 0 Å². The Morgan fingerprint density at radius 3 is 2.84 bits per heavy atom. The Balaban J connectivity index is 2.18. The van der Waals surface area contributed by atoms with Crippen LogP contribution < -0.4 is 10.9 Å². The van der Waals surface area contributed by atoms with E-state index in [1.54, 1.807) is 6.20 Å². The van der Waals surface area contributed by atoms with Crippen LogP contribution in [-0.2, 0) is 6.54 Å². The van der Waals surface area contributed by atoms with Crippen LogP contribution in [0.15, 0.2) is 26.1 Å². The highest BCUT2D eigenvalue weighted by molar-refractivity contribution is 9.10. The average Bonchev–Trinajstić information content (AvgIpc) is 2.76. The SMILES string of the molecule is Cc1cc(CNc2cnn(C(C)C)c(=O)c2Br)on1. The average molecular weight is 327 g/mol. The molecule has 0 unspecified atom stereocenters. The van der Waals surface area contributed by atoms with E-state index in [1.165, 1.54) is 4.68 Å². The Labute approximate surface area is 118 Å². The van der Waals surface area contributed by atoms with Crippen molar-refractivity contribution in [2.75, 3.05) is 5.32 Å². The molecule has 1 N–H and O–H groups in total. The Hall–Kier alpha value is -1.63. The number of hydrogen-bond acceptors (Lipinski definition) is 5. The third-order valence-corrected chi connectivity index (χ3v) is 3.33. The van der Waals surface area contributed by atoms with E-state index in [-0.39, 0.29) is 11.6 Å². The van der Waals surface area contributed by atoms with E-state index in [0.717, 1.165) is 5.69 Å². The zero-order valence-electron chi connectivity index (χ0n) is 11.0. The molecule has 0 aliphatic rings. The van der Waals surface area contributed by atoms with Gasteiger partial charge >= 0.3 is 0 Å². The van der Waals surface area contributed by atoms with Crippen LogP contribution >= 0.6 is 15.9 Å². The van der Waals surface area contributed by atoms with Crippen molar-refractivity contribution in [3.8, 4) is 0 Å². The van der Waals surface area contributed by atoms with Gasteiger partial charge in [0.1, 0.15) is 4.47 Å². The molecule has 2 heterocycles. The standard InChI is InChI=1S/C12H15BrN4O2/c1-7(2)17-12(18)11(13)10(6-15-17)14-5-9-4-8(3)16-19-9/h4,6-7,14H,5H2,1-3H3. The van der Waals surface area contributed by atoms with Gasteiger partial charge in [-0.05, 0) is 36.7 Å². The zero-order chi connectivity index (χ0) is 14.0. The predicted molar refractivity (Wildman–Crippen MR) is 75.1 cm³/mol. The van der Waals surface area contributed by atoms with Gasteiger partial charge in [0, 0.05) is 6.07 Å². The van der Waals surface area contributed by atoms with Crippen LogP contribution in [0.3, 0.4) is 0 Å². The summed E-state index contributed by atoms with van der Waals surface area (Å²) in [5.41, 5.74) is 1.30. The second-order valence-electron chi connectivity index (χ2n) is 4.50. The molecule has 0 spiro atoms. The Kier molecular flexibility index (Phi) is 4.04. The number of aromatic nitrogens is 3. The molecule has 2 rings (SSSR count). The summed E-state index contributed by atoms with van der Waals surface area (Å²) in [6.07, 6.45) is 1.62. The second kappa shape index (κ2) is 5.56. The summed E-state index contributed by atoms with van der Waals surface area (Å²) in [7, 11) is 0. The van der Waals surface area contributed by atoms with Gasteiger partial charge in [0.25, 0.3) is 5.56 Å². The highest BCUT2D eigenvalue weighted by atomic mass is 79.9. The fraction of sp³-hybridized carbons (Fsp3) is 0.417. The molecular weight excluding hydrogens is 312 g/mol. The molecule has 0 atom stereocenters. The van der Waals surface area contributed by atoms with E-state index < -0.39 is 0 Å². The van der Waals surface area contributed by atoms with Crippen LogP contribution in [0.5, 0.6) is 0 Å². The topological polar surface area (TPSA) is 73.0 Å². The largest absolute Gasteiger partial charge is 0.375 e. The van der Waals surface area contributed by atoms with Crippen molar-refractivity contribution in [3.63, 3.8) is 0 Å². The van der Waals surface area contributed by atoms with Crippen molar-refractivity contribution < 1.29 is 4.52 Å². The quantitative estimate of drug-likeness (QED) is 0.934. The second-order valence-corrected chi connectivity index (χ2v) is 5.30. The summed E-state index contributed by atoms with van der Waals surface area (Å²) in [5, 5.41) is 11.0. The van der Waals surface area contributed by atoms with E-state index in [9.17, 15) is 4.79 Å². The van der Waals surface area contributed by atoms with Crippen LogP contribution in [0.4, 0.5) is 5.69 Å². The van der Waals surface area contributed by atoms with E-state index in [1.807, 2.05) is 26.8 Å². The molecule has 0 fully saturated rings. The van der Waals surface area contributed by atoms with Crippen molar-refractivity contribution in [1.82, 2.24) is 14.9 Å². The number of rotatable bonds is 4. The number of nitrogens with one attached hydrogen (secondary N) is 1. The number of hydrogen-bond donors (Lipinski definition) is 1. The molecule has 0 radical (unpaired) electrons. The van der Waals surface area contributed by atoms with Crippen LogP contribution in [0.2, 0.25) is 0 Å². The predicted octanol–water partition coefficient (Wildman–Crippen LogP) is 2.50. The summed E-state index contributed by atoms with van der Waals surface area (Å²) >= 11 is 3.30. The van der Waals surface area contributed by atoms with Crippen LogP contribution in [0, 0.1) is 6.92 Å². The smallest absolute Gasteiger partial charge is 0.283 e. The molecule has 2 aromatic heterocycles. The summed E-state index contributed by atoms with van der Waals surface area (Å²) in [6.45, 7) is 6.12. The van der Waals surface area contributed by atoms with Crippen LogP contribution in [0.25, 0.3) is 0 Å². The first-order chi connectivity index (χ1) is 8.99. The molecule has 7 heteroatoms. The number of anilines is 1. The molecule has 0 aromatic carbocycles. The summed E-state index contributed by atoms with van der Waals surface area (Å²) in [4.78, 5) is 12.0. The first kappa shape index (κ1) is 13.8. The molecule has 102 valence electrons. The lowest BCUT2D eigenvalue weighted by molar-refractivity contribution is 0.384. The van der Waals surface area contributed by atoms with E-state index in [4.69, 9.17) is 4.52 Å². The van der Waals surface area contributed by atoms with Gasteiger partial charge in [-0.15, -0.1) is 0 Å². The van der Waals surface area contributed by atoms with Gasteiger partial charge in [0.15, 0.2) is 5.76 Å². The summed E-state index contributed by atoms with van der Waals surface area (Å²) in [6, 6.07) is 1.86. The van der Waals surface area contributed by atoms with E-state index in [2.05, 4.69) is 31.5 Å². The molecular formula is C12H15BrN4O2. The van der Waals surface area contributed by atoms with Gasteiger partial charge in [-0.1, -0.05) is 5.16 Å². The van der Waals surface area contributed by atoms with Crippen molar-refractivity contribution in [3.05, 3.63) is 38.5 Å². The molecule has 6 nitrogen and oxygen atoms in total. The Morgan fingerprint density at radius 1 is 1.53 bits per heavy atom. The van der Waals surface area contributed by atoms with Gasteiger partial charge < -0.3 is 9.84 Å². The molecule has 0 bridgehead atoms. The van der Waals surface area contributed by atoms with Crippen LogP contribution in [-0.4, -0.2) is 14.9 Å². The molecule has 0 amide bonds. The van der Waals surface area contributed by atoms with Crippen molar-refractivity contribution in [1.29, 1.82) is 0 Å². The van der Waals surface area contributed by atoms with Crippen LogP contribution in [0.1, 0.15) is 31.3 Å². The minimum absolute atomic E-state index is 0.0229. The molecule has 0 aliphatic carbocycles.